The van der Waals surface area contributed by atoms with Crippen LogP contribution in [0.5, 0.6) is 11.5 Å². The van der Waals surface area contributed by atoms with E-state index in [1.54, 1.807) is 25.2 Å². The third-order valence-electron chi connectivity index (χ3n) is 3.73. The fourth-order valence-electron chi connectivity index (χ4n) is 2.63. The number of amides is 1. The van der Waals surface area contributed by atoms with Gasteiger partial charge in [0, 0.05) is 23.4 Å². The Kier molecular flexibility index (Phi) is 6.01. The maximum Gasteiger partial charge on any atom is 0.258 e. The van der Waals surface area contributed by atoms with Crippen molar-refractivity contribution in [2.24, 2.45) is 0 Å². The number of carbonyl (C=O) groups excluding carboxylic acids is 1. The summed E-state index contributed by atoms with van der Waals surface area (Å²) in [7, 11) is 3.16. The van der Waals surface area contributed by atoms with E-state index in [1.807, 2.05) is 62.4 Å². The molecule has 4 heteroatoms. The molecule has 1 amide bonds. The summed E-state index contributed by atoms with van der Waals surface area (Å²) in [4.78, 5) is 14.7. The summed E-state index contributed by atoms with van der Waals surface area (Å²) in [5.41, 5.74) is 2.24. The summed E-state index contributed by atoms with van der Waals surface area (Å²) in [6, 6.07) is 13.2. The average molecular weight is 325 g/mol. The van der Waals surface area contributed by atoms with Crippen LogP contribution in [0.4, 0.5) is 5.69 Å². The number of methoxy groups -OCH3 is 2. The smallest absolute Gasteiger partial charge is 0.258 e. The van der Waals surface area contributed by atoms with Crippen molar-refractivity contribution in [3.8, 4) is 11.5 Å². The number of carbonyl (C=O) groups is 1. The summed E-state index contributed by atoms with van der Waals surface area (Å²) >= 11 is 0. The largest absolute Gasteiger partial charge is 0.493 e. The lowest BCUT2D eigenvalue weighted by atomic mass is 10.1. The molecule has 0 atom stereocenters. The lowest BCUT2D eigenvalue weighted by Gasteiger charge is -2.22. The molecule has 2 aromatic carbocycles. The first-order valence-corrected chi connectivity index (χ1v) is 7.91. The number of rotatable bonds is 6. The molecule has 126 valence electrons. The van der Waals surface area contributed by atoms with Crippen LogP contribution in [-0.4, -0.2) is 26.7 Å². The van der Waals surface area contributed by atoms with Gasteiger partial charge in [0.1, 0.15) is 0 Å². The second kappa shape index (κ2) is 8.20. The van der Waals surface area contributed by atoms with Crippen LogP contribution >= 0.6 is 0 Å². The van der Waals surface area contributed by atoms with Gasteiger partial charge in [0.15, 0.2) is 11.5 Å². The third kappa shape index (κ3) is 3.59. The zero-order valence-electron chi connectivity index (χ0n) is 14.6. The van der Waals surface area contributed by atoms with Crippen molar-refractivity contribution in [1.82, 2.24) is 0 Å². The van der Waals surface area contributed by atoms with Crippen LogP contribution in [0.1, 0.15) is 29.8 Å². The molecule has 0 saturated carbocycles. The van der Waals surface area contributed by atoms with E-state index in [0.29, 0.717) is 23.6 Å². The zero-order valence-corrected chi connectivity index (χ0v) is 14.6. The fraction of sp³-hybridized carbons (Fsp3) is 0.250. The van der Waals surface area contributed by atoms with Crippen molar-refractivity contribution in [1.29, 1.82) is 0 Å². The van der Waals surface area contributed by atoms with E-state index in [-0.39, 0.29) is 5.91 Å². The van der Waals surface area contributed by atoms with Crippen LogP contribution in [0.15, 0.2) is 48.5 Å². The summed E-state index contributed by atoms with van der Waals surface area (Å²) in [5.74, 6) is 1.09. The highest BCUT2D eigenvalue weighted by atomic mass is 16.5. The van der Waals surface area contributed by atoms with Crippen LogP contribution < -0.4 is 14.4 Å². The Balaban J connectivity index is 2.50. The number of hydrogen-bond acceptors (Lipinski definition) is 3. The molecule has 0 aromatic heterocycles. The molecule has 0 saturated heterocycles. The SMILES string of the molecule is C/C=C/c1cc(C(=O)N(CC)c2ccccc2)cc(OC)c1OC. The van der Waals surface area contributed by atoms with E-state index in [1.165, 1.54) is 0 Å². The molecule has 0 unspecified atom stereocenters. The van der Waals surface area contributed by atoms with Crippen molar-refractivity contribution in [2.45, 2.75) is 13.8 Å². The third-order valence-corrected chi connectivity index (χ3v) is 3.73. The molecule has 0 spiro atoms. The first-order valence-electron chi connectivity index (χ1n) is 7.91. The molecule has 0 aliphatic heterocycles. The highest BCUT2D eigenvalue weighted by Crippen LogP contribution is 2.34. The molecule has 0 bridgehead atoms. The Morgan fingerprint density at radius 2 is 1.83 bits per heavy atom. The van der Waals surface area contributed by atoms with E-state index in [9.17, 15) is 4.79 Å². The summed E-state index contributed by atoms with van der Waals surface area (Å²) in [6.07, 6.45) is 3.80. The Morgan fingerprint density at radius 3 is 2.38 bits per heavy atom. The Labute approximate surface area is 143 Å². The van der Waals surface area contributed by atoms with Gasteiger partial charge in [-0.15, -0.1) is 0 Å². The molecule has 0 N–H and O–H groups in total. The molecule has 0 aliphatic carbocycles. The van der Waals surface area contributed by atoms with Crippen LogP contribution in [0.25, 0.3) is 6.08 Å². The molecule has 0 fully saturated rings. The summed E-state index contributed by atoms with van der Waals surface area (Å²) < 4.78 is 10.8. The van der Waals surface area contributed by atoms with Gasteiger partial charge in [-0.25, -0.2) is 0 Å². The zero-order chi connectivity index (χ0) is 17.5. The minimum absolute atomic E-state index is 0.0737. The Hall–Kier alpha value is -2.75. The van der Waals surface area contributed by atoms with E-state index in [2.05, 4.69) is 0 Å². The predicted octanol–water partition coefficient (Wildman–Crippen LogP) is 4.40. The van der Waals surface area contributed by atoms with Crippen molar-refractivity contribution >= 4 is 17.7 Å². The molecule has 2 aromatic rings. The Morgan fingerprint density at radius 1 is 1.12 bits per heavy atom. The van der Waals surface area contributed by atoms with E-state index < -0.39 is 0 Å². The molecule has 2 rings (SSSR count). The van der Waals surface area contributed by atoms with Gasteiger partial charge in [-0.05, 0) is 38.1 Å². The standard InChI is InChI=1S/C20H23NO3/c1-5-10-15-13-16(14-18(23-3)19(15)24-4)20(22)21(6-2)17-11-8-7-9-12-17/h5,7-14H,6H2,1-4H3/b10-5+. The predicted molar refractivity (Wildman–Crippen MR) is 98.0 cm³/mol. The van der Waals surface area contributed by atoms with Gasteiger partial charge in [-0.2, -0.15) is 0 Å². The number of hydrogen-bond donors (Lipinski definition) is 0. The number of ether oxygens (including phenoxy) is 2. The minimum atomic E-state index is -0.0737. The van der Waals surface area contributed by atoms with Gasteiger partial charge < -0.3 is 14.4 Å². The maximum absolute atomic E-state index is 13.0. The fourth-order valence-corrected chi connectivity index (χ4v) is 2.63. The van der Waals surface area contributed by atoms with E-state index in [0.717, 1.165) is 11.3 Å². The van der Waals surface area contributed by atoms with Crippen LogP contribution in [0.3, 0.4) is 0 Å². The highest BCUT2D eigenvalue weighted by molar-refractivity contribution is 6.07. The first-order chi connectivity index (χ1) is 11.7. The van der Waals surface area contributed by atoms with Crippen molar-refractivity contribution < 1.29 is 14.3 Å². The number of benzene rings is 2. The van der Waals surface area contributed by atoms with Crippen molar-refractivity contribution in [3.63, 3.8) is 0 Å². The Bertz CT molecular complexity index is 723. The second-order valence-corrected chi connectivity index (χ2v) is 5.19. The van der Waals surface area contributed by atoms with Gasteiger partial charge in [0.25, 0.3) is 5.91 Å². The van der Waals surface area contributed by atoms with Crippen molar-refractivity contribution in [3.05, 3.63) is 59.7 Å². The molecule has 4 nitrogen and oxygen atoms in total. The molecule has 24 heavy (non-hydrogen) atoms. The molecular formula is C20H23NO3. The van der Waals surface area contributed by atoms with E-state index >= 15 is 0 Å². The van der Waals surface area contributed by atoms with E-state index in [4.69, 9.17) is 9.47 Å². The quantitative estimate of drug-likeness (QED) is 0.790. The average Bonchev–Trinajstić information content (AvgIpc) is 2.62. The summed E-state index contributed by atoms with van der Waals surface area (Å²) in [6.45, 7) is 4.46. The number of para-hydroxylation sites is 1. The number of allylic oxidation sites excluding steroid dienone is 1. The lowest BCUT2D eigenvalue weighted by Crippen LogP contribution is -2.30. The van der Waals surface area contributed by atoms with Gasteiger partial charge in [-0.3, -0.25) is 4.79 Å². The van der Waals surface area contributed by atoms with Crippen molar-refractivity contribution in [2.75, 3.05) is 25.7 Å². The van der Waals surface area contributed by atoms with Gasteiger partial charge in [0.05, 0.1) is 14.2 Å². The first kappa shape index (κ1) is 17.6. The molecule has 0 radical (unpaired) electrons. The topological polar surface area (TPSA) is 38.8 Å². The van der Waals surface area contributed by atoms with Gasteiger partial charge in [-0.1, -0.05) is 30.4 Å². The lowest BCUT2D eigenvalue weighted by molar-refractivity contribution is 0.0988. The maximum atomic E-state index is 13.0. The molecular weight excluding hydrogens is 302 g/mol. The highest BCUT2D eigenvalue weighted by Gasteiger charge is 2.20. The monoisotopic (exact) mass is 325 g/mol. The molecule has 0 aliphatic rings. The number of nitrogens with zero attached hydrogens (tertiary/aromatic N) is 1. The second-order valence-electron chi connectivity index (χ2n) is 5.19. The summed E-state index contributed by atoms with van der Waals surface area (Å²) in [5, 5.41) is 0. The van der Waals surface area contributed by atoms with Crippen LogP contribution in [0, 0.1) is 0 Å². The normalized spacial score (nSPS) is 10.7. The number of anilines is 1. The minimum Gasteiger partial charge on any atom is -0.493 e. The van der Waals surface area contributed by atoms with Crippen LogP contribution in [0.2, 0.25) is 0 Å². The van der Waals surface area contributed by atoms with Gasteiger partial charge in [0.2, 0.25) is 0 Å². The van der Waals surface area contributed by atoms with Gasteiger partial charge >= 0.3 is 0 Å². The molecule has 0 heterocycles. The van der Waals surface area contributed by atoms with Crippen LogP contribution in [-0.2, 0) is 0 Å².